The molecule has 0 spiro atoms. The number of nitrogens with one attached hydrogen (secondary N) is 1. The molecule has 86 valence electrons. The normalized spacial score (nSPS) is 17.0. The van der Waals surface area contributed by atoms with Gasteiger partial charge < -0.3 is 11.1 Å². The van der Waals surface area contributed by atoms with E-state index in [2.05, 4.69) is 5.32 Å². The third-order valence-electron chi connectivity index (χ3n) is 3.15. The molecule has 0 unspecified atom stereocenters. The maximum atomic E-state index is 10.9. The van der Waals surface area contributed by atoms with E-state index in [1.807, 2.05) is 12.1 Å². The number of hydrogen-bond acceptors (Lipinski definition) is 2. The van der Waals surface area contributed by atoms with Crippen molar-refractivity contribution in [1.29, 1.82) is 0 Å². The first-order valence-corrected chi connectivity index (χ1v) is 5.92. The lowest BCUT2D eigenvalue weighted by Gasteiger charge is -2.23. The molecule has 1 aliphatic rings. The highest BCUT2D eigenvalue weighted by molar-refractivity contribution is 5.93. The highest BCUT2D eigenvalue weighted by Gasteiger charge is 2.12. The molecule has 0 atom stereocenters. The quantitative estimate of drug-likeness (QED) is 0.819. The summed E-state index contributed by atoms with van der Waals surface area (Å²) in [5.41, 5.74) is 6.83. The van der Waals surface area contributed by atoms with Crippen molar-refractivity contribution in [2.75, 3.05) is 5.32 Å². The zero-order valence-corrected chi connectivity index (χ0v) is 9.41. The summed E-state index contributed by atoms with van der Waals surface area (Å²) in [7, 11) is 0. The van der Waals surface area contributed by atoms with Crippen LogP contribution < -0.4 is 11.1 Å². The Bertz CT molecular complexity index is 353. The zero-order valence-electron chi connectivity index (χ0n) is 9.41. The average molecular weight is 218 g/mol. The van der Waals surface area contributed by atoms with Crippen LogP contribution in [0.5, 0.6) is 0 Å². The van der Waals surface area contributed by atoms with E-state index in [-0.39, 0.29) is 5.91 Å². The van der Waals surface area contributed by atoms with Gasteiger partial charge in [-0.25, -0.2) is 0 Å². The van der Waals surface area contributed by atoms with Gasteiger partial charge in [-0.05, 0) is 37.1 Å². The topological polar surface area (TPSA) is 55.1 Å². The Morgan fingerprint density at radius 3 is 2.31 bits per heavy atom. The Morgan fingerprint density at radius 1 is 1.12 bits per heavy atom. The van der Waals surface area contributed by atoms with Gasteiger partial charge in [-0.2, -0.15) is 0 Å². The fourth-order valence-electron chi connectivity index (χ4n) is 2.21. The SMILES string of the molecule is NC(=O)c1ccc(NC2CCCCC2)cc1. The van der Waals surface area contributed by atoms with Crippen molar-refractivity contribution in [2.24, 2.45) is 5.73 Å². The van der Waals surface area contributed by atoms with Crippen molar-refractivity contribution in [1.82, 2.24) is 0 Å². The van der Waals surface area contributed by atoms with Crippen LogP contribution in [0.1, 0.15) is 42.5 Å². The largest absolute Gasteiger partial charge is 0.382 e. The number of rotatable bonds is 3. The van der Waals surface area contributed by atoms with Gasteiger partial charge in [0.05, 0.1) is 0 Å². The van der Waals surface area contributed by atoms with E-state index in [9.17, 15) is 4.79 Å². The van der Waals surface area contributed by atoms with E-state index >= 15 is 0 Å². The molecular formula is C13H18N2O. The minimum Gasteiger partial charge on any atom is -0.382 e. The van der Waals surface area contributed by atoms with Gasteiger partial charge in [0, 0.05) is 17.3 Å². The highest BCUT2D eigenvalue weighted by Crippen LogP contribution is 2.21. The van der Waals surface area contributed by atoms with E-state index in [0.29, 0.717) is 11.6 Å². The van der Waals surface area contributed by atoms with Crippen molar-refractivity contribution in [3.63, 3.8) is 0 Å². The zero-order chi connectivity index (χ0) is 11.4. The molecule has 3 heteroatoms. The van der Waals surface area contributed by atoms with E-state index in [4.69, 9.17) is 5.73 Å². The summed E-state index contributed by atoms with van der Waals surface area (Å²) in [4.78, 5) is 10.9. The van der Waals surface area contributed by atoms with Gasteiger partial charge in [-0.15, -0.1) is 0 Å². The molecule has 1 aliphatic carbocycles. The molecule has 0 heterocycles. The molecule has 0 radical (unpaired) electrons. The van der Waals surface area contributed by atoms with Crippen LogP contribution in [0.4, 0.5) is 5.69 Å². The van der Waals surface area contributed by atoms with Crippen LogP contribution in [0.2, 0.25) is 0 Å². The fourth-order valence-corrected chi connectivity index (χ4v) is 2.21. The van der Waals surface area contributed by atoms with Crippen LogP contribution >= 0.6 is 0 Å². The Morgan fingerprint density at radius 2 is 1.75 bits per heavy atom. The second-order valence-corrected chi connectivity index (χ2v) is 4.42. The van der Waals surface area contributed by atoms with Crippen LogP contribution in [-0.4, -0.2) is 11.9 Å². The van der Waals surface area contributed by atoms with Crippen molar-refractivity contribution in [3.8, 4) is 0 Å². The molecule has 1 saturated carbocycles. The summed E-state index contributed by atoms with van der Waals surface area (Å²) >= 11 is 0. The minimum atomic E-state index is -0.371. The van der Waals surface area contributed by atoms with E-state index in [1.54, 1.807) is 12.1 Å². The van der Waals surface area contributed by atoms with E-state index < -0.39 is 0 Å². The second kappa shape index (κ2) is 5.01. The lowest BCUT2D eigenvalue weighted by molar-refractivity contribution is 0.100. The van der Waals surface area contributed by atoms with Gasteiger partial charge in [0.15, 0.2) is 0 Å². The van der Waals surface area contributed by atoms with Crippen LogP contribution in [0.25, 0.3) is 0 Å². The number of anilines is 1. The maximum Gasteiger partial charge on any atom is 0.248 e. The van der Waals surface area contributed by atoms with Crippen molar-refractivity contribution in [2.45, 2.75) is 38.1 Å². The van der Waals surface area contributed by atoms with E-state index in [1.165, 1.54) is 32.1 Å². The van der Waals surface area contributed by atoms with Gasteiger partial charge in [-0.1, -0.05) is 19.3 Å². The first-order valence-electron chi connectivity index (χ1n) is 5.92. The molecule has 0 aliphatic heterocycles. The van der Waals surface area contributed by atoms with Crippen LogP contribution in [0, 0.1) is 0 Å². The molecule has 3 N–H and O–H groups in total. The monoisotopic (exact) mass is 218 g/mol. The third kappa shape index (κ3) is 2.75. The van der Waals surface area contributed by atoms with Gasteiger partial charge in [0.1, 0.15) is 0 Å². The molecule has 16 heavy (non-hydrogen) atoms. The van der Waals surface area contributed by atoms with Crippen LogP contribution in [0.3, 0.4) is 0 Å². The van der Waals surface area contributed by atoms with Crippen molar-refractivity contribution in [3.05, 3.63) is 29.8 Å². The Hall–Kier alpha value is -1.51. The summed E-state index contributed by atoms with van der Waals surface area (Å²) in [5.74, 6) is -0.371. The van der Waals surface area contributed by atoms with Crippen LogP contribution in [0.15, 0.2) is 24.3 Å². The Labute approximate surface area is 96.0 Å². The Balaban J connectivity index is 1.96. The molecular weight excluding hydrogens is 200 g/mol. The summed E-state index contributed by atoms with van der Waals surface area (Å²) in [6.45, 7) is 0. The number of hydrogen-bond donors (Lipinski definition) is 2. The van der Waals surface area contributed by atoms with E-state index in [0.717, 1.165) is 5.69 Å². The Kier molecular flexibility index (Phi) is 3.44. The van der Waals surface area contributed by atoms with Crippen molar-refractivity contribution >= 4 is 11.6 Å². The summed E-state index contributed by atoms with van der Waals surface area (Å²) in [5, 5.41) is 3.49. The second-order valence-electron chi connectivity index (χ2n) is 4.42. The number of carbonyl (C=O) groups excluding carboxylic acids is 1. The molecule has 0 aromatic heterocycles. The standard InChI is InChI=1S/C13H18N2O/c14-13(16)10-6-8-12(9-7-10)15-11-4-2-1-3-5-11/h6-9,11,15H,1-5H2,(H2,14,16). The molecule has 1 aromatic carbocycles. The maximum absolute atomic E-state index is 10.9. The van der Waals surface area contributed by atoms with Gasteiger partial charge in [0.2, 0.25) is 5.91 Å². The number of carbonyl (C=O) groups is 1. The predicted molar refractivity (Wildman–Crippen MR) is 65.5 cm³/mol. The van der Waals surface area contributed by atoms with Crippen molar-refractivity contribution < 1.29 is 4.79 Å². The number of primary amides is 1. The molecule has 3 nitrogen and oxygen atoms in total. The molecule has 1 fully saturated rings. The highest BCUT2D eigenvalue weighted by atomic mass is 16.1. The smallest absolute Gasteiger partial charge is 0.248 e. The summed E-state index contributed by atoms with van der Waals surface area (Å²) < 4.78 is 0. The number of benzene rings is 1. The molecule has 0 saturated heterocycles. The lowest BCUT2D eigenvalue weighted by Crippen LogP contribution is -2.22. The van der Waals surface area contributed by atoms with Gasteiger partial charge in [-0.3, -0.25) is 4.79 Å². The third-order valence-corrected chi connectivity index (χ3v) is 3.15. The molecule has 1 amide bonds. The lowest BCUT2D eigenvalue weighted by atomic mass is 9.95. The first-order chi connectivity index (χ1) is 7.75. The number of amides is 1. The first kappa shape index (κ1) is 11.0. The number of nitrogens with two attached hydrogens (primary N) is 1. The summed E-state index contributed by atoms with van der Waals surface area (Å²) in [6.07, 6.45) is 6.49. The van der Waals surface area contributed by atoms with Gasteiger partial charge >= 0.3 is 0 Å². The van der Waals surface area contributed by atoms with Crippen LogP contribution in [-0.2, 0) is 0 Å². The predicted octanol–water partition coefficient (Wildman–Crippen LogP) is 2.53. The molecule has 2 rings (SSSR count). The minimum absolute atomic E-state index is 0.371. The molecule has 0 bridgehead atoms. The average Bonchev–Trinajstić information content (AvgIpc) is 2.31. The fraction of sp³-hybridized carbons (Fsp3) is 0.462. The molecule has 1 aromatic rings. The van der Waals surface area contributed by atoms with Gasteiger partial charge in [0.25, 0.3) is 0 Å². The summed E-state index contributed by atoms with van der Waals surface area (Å²) in [6, 6.07) is 7.98.